The highest BCUT2D eigenvalue weighted by molar-refractivity contribution is 9.10. The smallest absolute Gasteiger partial charge is 0.335 e. The topological polar surface area (TPSA) is 40.5 Å². The van der Waals surface area contributed by atoms with Crippen LogP contribution >= 0.6 is 27.3 Å². The van der Waals surface area contributed by atoms with Crippen molar-refractivity contribution in [3.63, 3.8) is 0 Å². The number of hydrogen-bond acceptors (Lipinski definition) is 3. The molecular formula is C14H13BrFNO2S. The molecule has 106 valence electrons. The summed E-state index contributed by atoms with van der Waals surface area (Å²) in [7, 11) is 1.92. The average Bonchev–Trinajstić information content (AvgIpc) is 2.73. The summed E-state index contributed by atoms with van der Waals surface area (Å²) in [6.45, 7) is 1.22. The molecule has 20 heavy (non-hydrogen) atoms. The standard InChI is InChI=1S/C14H13BrFNO2S/c1-17(7-13-5-11(15)8-20-13)6-9-2-10(14(18)19)4-12(16)3-9/h2-5,8H,6-7H2,1H3,(H,18,19). The van der Waals surface area contributed by atoms with Crippen molar-refractivity contribution in [2.24, 2.45) is 0 Å². The van der Waals surface area contributed by atoms with Gasteiger partial charge < -0.3 is 5.11 Å². The highest BCUT2D eigenvalue weighted by Crippen LogP contribution is 2.21. The minimum atomic E-state index is -1.12. The molecule has 0 bridgehead atoms. The quantitative estimate of drug-likeness (QED) is 0.879. The summed E-state index contributed by atoms with van der Waals surface area (Å²) in [4.78, 5) is 14.1. The van der Waals surface area contributed by atoms with Crippen LogP contribution in [-0.2, 0) is 13.1 Å². The molecule has 0 aliphatic rings. The Balaban J connectivity index is 2.07. The molecule has 2 rings (SSSR count). The number of carboxylic acids is 1. The van der Waals surface area contributed by atoms with E-state index in [2.05, 4.69) is 15.9 Å². The van der Waals surface area contributed by atoms with Crippen LogP contribution in [0.25, 0.3) is 0 Å². The molecule has 1 aromatic carbocycles. The molecular weight excluding hydrogens is 345 g/mol. The van der Waals surface area contributed by atoms with Gasteiger partial charge in [0.05, 0.1) is 5.56 Å². The lowest BCUT2D eigenvalue weighted by molar-refractivity contribution is 0.0696. The second-order valence-corrected chi connectivity index (χ2v) is 6.47. The van der Waals surface area contributed by atoms with E-state index in [1.807, 2.05) is 23.4 Å². The second kappa shape index (κ2) is 6.47. The zero-order chi connectivity index (χ0) is 14.7. The number of aromatic carboxylic acids is 1. The van der Waals surface area contributed by atoms with Crippen LogP contribution in [0.1, 0.15) is 20.8 Å². The van der Waals surface area contributed by atoms with Gasteiger partial charge in [0.1, 0.15) is 5.82 Å². The number of halogens is 2. The third-order valence-electron chi connectivity index (χ3n) is 2.70. The molecule has 1 heterocycles. The first-order chi connectivity index (χ1) is 9.44. The Hall–Kier alpha value is -1.24. The van der Waals surface area contributed by atoms with Crippen molar-refractivity contribution in [2.75, 3.05) is 7.05 Å². The normalized spacial score (nSPS) is 11.0. The maximum Gasteiger partial charge on any atom is 0.335 e. The van der Waals surface area contributed by atoms with Crippen LogP contribution in [-0.4, -0.2) is 23.0 Å². The van der Waals surface area contributed by atoms with Crippen molar-refractivity contribution in [2.45, 2.75) is 13.1 Å². The highest BCUT2D eigenvalue weighted by Gasteiger charge is 2.09. The predicted molar refractivity (Wildman–Crippen MR) is 80.5 cm³/mol. The van der Waals surface area contributed by atoms with Gasteiger partial charge in [-0.05, 0) is 52.8 Å². The fraction of sp³-hybridized carbons (Fsp3) is 0.214. The Kier molecular flexibility index (Phi) is 4.91. The zero-order valence-electron chi connectivity index (χ0n) is 10.8. The molecule has 0 saturated carbocycles. The van der Waals surface area contributed by atoms with E-state index in [4.69, 9.17) is 5.11 Å². The van der Waals surface area contributed by atoms with Gasteiger partial charge in [0.2, 0.25) is 0 Å². The molecule has 0 fully saturated rings. The largest absolute Gasteiger partial charge is 0.478 e. The molecule has 0 unspecified atom stereocenters. The van der Waals surface area contributed by atoms with Crippen LogP contribution in [0.2, 0.25) is 0 Å². The summed E-state index contributed by atoms with van der Waals surface area (Å²) in [5.41, 5.74) is 0.632. The van der Waals surface area contributed by atoms with E-state index in [1.54, 1.807) is 11.3 Å². The highest BCUT2D eigenvalue weighted by atomic mass is 79.9. The van der Waals surface area contributed by atoms with Crippen LogP contribution in [0.15, 0.2) is 34.1 Å². The number of carboxylic acid groups (broad SMARTS) is 1. The molecule has 0 aliphatic carbocycles. The molecule has 0 radical (unpaired) electrons. The van der Waals surface area contributed by atoms with Crippen molar-refractivity contribution in [3.8, 4) is 0 Å². The summed E-state index contributed by atoms with van der Waals surface area (Å²) in [6.07, 6.45) is 0. The van der Waals surface area contributed by atoms with Gasteiger partial charge in [0.15, 0.2) is 0 Å². The number of nitrogens with zero attached hydrogens (tertiary/aromatic N) is 1. The van der Waals surface area contributed by atoms with Crippen LogP contribution in [0.3, 0.4) is 0 Å². The molecule has 0 atom stereocenters. The molecule has 6 heteroatoms. The molecule has 3 nitrogen and oxygen atoms in total. The summed E-state index contributed by atoms with van der Waals surface area (Å²) >= 11 is 5.04. The van der Waals surface area contributed by atoms with Gasteiger partial charge in [-0.15, -0.1) is 11.3 Å². The van der Waals surface area contributed by atoms with Crippen LogP contribution < -0.4 is 0 Å². The maximum atomic E-state index is 13.4. The van der Waals surface area contributed by atoms with Gasteiger partial charge in [0.25, 0.3) is 0 Å². The van der Waals surface area contributed by atoms with Gasteiger partial charge in [0, 0.05) is 27.8 Å². The number of carbonyl (C=O) groups is 1. The van der Waals surface area contributed by atoms with Crippen molar-refractivity contribution < 1.29 is 14.3 Å². The Morgan fingerprint density at radius 1 is 1.35 bits per heavy atom. The minimum absolute atomic E-state index is 0.0210. The van der Waals surface area contributed by atoms with Gasteiger partial charge in [-0.3, -0.25) is 4.90 Å². The van der Waals surface area contributed by atoms with E-state index >= 15 is 0 Å². The number of benzene rings is 1. The van der Waals surface area contributed by atoms with Crippen molar-refractivity contribution in [1.82, 2.24) is 4.90 Å². The van der Waals surface area contributed by atoms with Crippen LogP contribution in [0.4, 0.5) is 4.39 Å². The van der Waals surface area contributed by atoms with Crippen molar-refractivity contribution in [1.29, 1.82) is 0 Å². The lowest BCUT2D eigenvalue weighted by atomic mass is 10.1. The van der Waals surface area contributed by atoms with Gasteiger partial charge in [-0.1, -0.05) is 0 Å². The molecule has 0 amide bonds. The Morgan fingerprint density at radius 2 is 2.10 bits per heavy atom. The number of hydrogen-bond donors (Lipinski definition) is 1. The van der Waals surface area contributed by atoms with E-state index in [0.717, 1.165) is 17.1 Å². The third-order valence-corrected chi connectivity index (χ3v) is 4.39. The SMILES string of the molecule is CN(Cc1cc(F)cc(C(=O)O)c1)Cc1cc(Br)cs1. The zero-order valence-corrected chi connectivity index (χ0v) is 13.2. The van der Waals surface area contributed by atoms with Gasteiger partial charge in [-0.2, -0.15) is 0 Å². The molecule has 0 saturated heterocycles. The van der Waals surface area contributed by atoms with Gasteiger partial charge >= 0.3 is 5.97 Å². The Morgan fingerprint density at radius 3 is 2.70 bits per heavy atom. The summed E-state index contributed by atoms with van der Waals surface area (Å²) < 4.78 is 14.4. The summed E-state index contributed by atoms with van der Waals surface area (Å²) in [5, 5.41) is 10.9. The monoisotopic (exact) mass is 357 g/mol. The van der Waals surface area contributed by atoms with E-state index < -0.39 is 11.8 Å². The average molecular weight is 358 g/mol. The predicted octanol–water partition coefficient (Wildman–Crippen LogP) is 3.98. The summed E-state index contributed by atoms with van der Waals surface area (Å²) in [5.74, 6) is -1.64. The second-order valence-electron chi connectivity index (χ2n) is 4.56. The van der Waals surface area contributed by atoms with E-state index in [1.165, 1.54) is 17.0 Å². The fourth-order valence-electron chi connectivity index (χ4n) is 1.94. The lowest BCUT2D eigenvalue weighted by Gasteiger charge is -2.16. The molecule has 0 spiro atoms. The van der Waals surface area contributed by atoms with E-state index in [0.29, 0.717) is 12.1 Å². The molecule has 0 aliphatic heterocycles. The van der Waals surface area contributed by atoms with E-state index in [9.17, 15) is 9.18 Å². The minimum Gasteiger partial charge on any atom is -0.478 e. The number of rotatable bonds is 5. The molecule has 1 aromatic heterocycles. The van der Waals surface area contributed by atoms with Crippen LogP contribution in [0, 0.1) is 5.82 Å². The molecule has 1 N–H and O–H groups in total. The number of thiophene rings is 1. The lowest BCUT2D eigenvalue weighted by Crippen LogP contribution is -2.17. The fourth-order valence-corrected chi connectivity index (χ4v) is 3.47. The van der Waals surface area contributed by atoms with Crippen molar-refractivity contribution >= 4 is 33.2 Å². The summed E-state index contributed by atoms with van der Waals surface area (Å²) in [6, 6.07) is 5.94. The Labute approximate surface area is 128 Å². The first-order valence-electron chi connectivity index (χ1n) is 5.88. The molecule has 2 aromatic rings. The third kappa shape index (κ3) is 4.13. The Bertz CT molecular complexity index is 629. The van der Waals surface area contributed by atoms with E-state index in [-0.39, 0.29) is 5.56 Å². The van der Waals surface area contributed by atoms with Crippen molar-refractivity contribution in [3.05, 3.63) is 55.9 Å². The van der Waals surface area contributed by atoms with Crippen LogP contribution in [0.5, 0.6) is 0 Å². The first kappa shape index (κ1) is 15.2. The maximum absolute atomic E-state index is 13.4. The first-order valence-corrected chi connectivity index (χ1v) is 7.55. The van der Waals surface area contributed by atoms with Gasteiger partial charge in [-0.25, -0.2) is 9.18 Å².